The molecule has 0 aliphatic rings. The number of nitrogens with two attached hydrogens (primary N) is 1. The highest BCUT2D eigenvalue weighted by Crippen LogP contribution is 2.29. The van der Waals surface area contributed by atoms with Crippen LogP contribution < -0.4 is 10.5 Å². The molecule has 1 aromatic heterocycles. The monoisotopic (exact) mass is 349 g/mol. The van der Waals surface area contributed by atoms with E-state index >= 15 is 0 Å². The summed E-state index contributed by atoms with van der Waals surface area (Å²) in [6.45, 7) is 3.75. The maximum absolute atomic E-state index is 13.9. The van der Waals surface area contributed by atoms with E-state index in [9.17, 15) is 12.8 Å². The number of benzene rings is 1. The Bertz CT molecular complexity index is 790. The number of nitrogen functional groups attached to an aromatic ring is 1. The predicted octanol–water partition coefficient (Wildman–Crippen LogP) is 3.19. The number of rotatable bonds is 4. The number of sulfonamides is 1. The molecule has 9 heteroatoms. The first-order chi connectivity index (χ1) is 9.74. The molecule has 3 N–H and O–H groups in total. The number of aromatic nitrogens is 1. The first-order valence-electron chi connectivity index (χ1n) is 5.98. The summed E-state index contributed by atoms with van der Waals surface area (Å²) >= 11 is 6.81. The van der Waals surface area contributed by atoms with Gasteiger partial charge >= 0.3 is 0 Å². The summed E-state index contributed by atoms with van der Waals surface area (Å²) < 4.78 is 40.6. The predicted molar refractivity (Wildman–Crippen MR) is 82.9 cm³/mol. The van der Waals surface area contributed by atoms with E-state index in [-0.39, 0.29) is 15.8 Å². The van der Waals surface area contributed by atoms with Crippen molar-refractivity contribution in [2.45, 2.75) is 25.2 Å². The third kappa shape index (κ3) is 3.28. The van der Waals surface area contributed by atoms with Crippen molar-refractivity contribution in [3.8, 4) is 0 Å². The summed E-state index contributed by atoms with van der Waals surface area (Å²) in [5.74, 6) is -1.04. The molecule has 0 bridgehead atoms. The Labute approximate surface area is 131 Å². The number of hydrogen-bond donors (Lipinski definition) is 2. The van der Waals surface area contributed by atoms with Crippen molar-refractivity contribution in [3.63, 3.8) is 0 Å². The van der Waals surface area contributed by atoms with Crippen molar-refractivity contribution in [2.75, 3.05) is 10.5 Å². The normalized spacial score (nSPS) is 11.6. The topological polar surface area (TPSA) is 85.1 Å². The van der Waals surface area contributed by atoms with Gasteiger partial charge < -0.3 is 5.73 Å². The van der Waals surface area contributed by atoms with Crippen LogP contribution in [0.4, 0.5) is 15.2 Å². The van der Waals surface area contributed by atoms with Gasteiger partial charge in [-0.05, 0) is 25.5 Å². The molecule has 0 aliphatic carbocycles. The largest absolute Gasteiger partial charge is 0.399 e. The number of aryl methyl sites for hydroxylation is 2. The highest BCUT2D eigenvalue weighted by atomic mass is 35.5. The molecule has 0 fully saturated rings. The van der Waals surface area contributed by atoms with Gasteiger partial charge in [-0.1, -0.05) is 18.5 Å². The number of thiazole rings is 1. The Morgan fingerprint density at radius 3 is 2.71 bits per heavy atom. The quantitative estimate of drug-likeness (QED) is 0.830. The minimum Gasteiger partial charge on any atom is -0.399 e. The van der Waals surface area contributed by atoms with Crippen LogP contribution in [0.3, 0.4) is 0 Å². The summed E-state index contributed by atoms with van der Waals surface area (Å²) in [6, 6.07) is 2.17. The fourth-order valence-electron chi connectivity index (χ4n) is 1.75. The van der Waals surface area contributed by atoms with Crippen molar-refractivity contribution >= 4 is 43.8 Å². The lowest BCUT2D eigenvalue weighted by atomic mass is 10.3. The van der Waals surface area contributed by atoms with Gasteiger partial charge in [0.05, 0.1) is 10.7 Å². The smallest absolute Gasteiger partial charge is 0.266 e. The molecular formula is C12H13ClFN3O2S2. The molecule has 0 amide bonds. The molecule has 0 aliphatic heterocycles. The zero-order valence-electron chi connectivity index (χ0n) is 11.3. The second kappa shape index (κ2) is 5.78. The summed E-state index contributed by atoms with van der Waals surface area (Å²) in [5.41, 5.74) is 6.37. The Hall–Kier alpha value is -1.38. The maximum Gasteiger partial charge on any atom is 0.266 e. The van der Waals surface area contributed by atoms with Crippen molar-refractivity contribution in [3.05, 3.63) is 33.5 Å². The Balaban J connectivity index is 2.43. The van der Waals surface area contributed by atoms with Crippen LogP contribution in [-0.2, 0) is 16.4 Å². The standard InChI is InChI=1S/C12H13ClFN3O2S2/c1-3-9-6(2)20-12(16-9)17-21(18,19)10-5-7(15)4-8(13)11(10)14/h4-5H,3,15H2,1-2H3,(H,16,17). The third-order valence-corrected chi connectivity index (χ3v) is 5.43. The fourth-order valence-corrected chi connectivity index (χ4v) is 4.30. The van der Waals surface area contributed by atoms with Crippen molar-refractivity contribution < 1.29 is 12.8 Å². The van der Waals surface area contributed by atoms with Gasteiger partial charge in [0.1, 0.15) is 4.90 Å². The molecule has 0 radical (unpaired) electrons. The van der Waals surface area contributed by atoms with Crippen LogP contribution in [0.1, 0.15) is 17.5 Å². The summed E-state index contributed by atoms with van der Waals surface area (Å²) in [5, 5.41) is -0.165. The van der Waals surface area contributed by atoms with Gasteiger partial charge in [0.25, 0.3) is 10.0 Å². The van der Waals surface area contributed by atoms with E-state index < -0.39 is 20.7 Å². The number of halogens is 2. The van der Waals surface area contributed by atoms with Gasteiger partial charge in [0.2, 0.25) is 0 Å². The van der Waals surface area contributed by atoms with Crippen molar-refractivity contribution in [1.29, 1.82) is 0 Å². The average molecular weight is 350 g/mol. The fraction of sp³-hybridized carbons (Fsp3) is 0.250. The second-order valence-electron chi connectivity index (χ2n) is 4.30. The number of nitrogens with one attached hydrogen (secondary N) is 1. The first kappa shape index (κ1) is 16.0. The minimum atomic E-state index is -4.14. The number of hydrogen-bond acceptors (Lipinski definition) is 5. The highest BCUT2D eigenvalue weighted by molar-refractivity contribution is 7.93. The number of nitrogens with zero attached hydrogens (tertiary/aromatic N) is 1. The molecule has 0 unspecified atom stereocenters. The lowest BCUT2D eigenvalue weighted by Crippen LogP contribution is -2.15. The zero-order valence-corrected chi connectivity index (χ0v) is 13.7. The molecule has 2 aromatic rings. The Kier molecular flexibility index (Phi) is 4.40. The van der Waals surface area contributed by atoms with E-state index in [0.29, 0.717) is 6.42 Å². The summed E-state index contributed by atoms with van der Waals surface area (Å²) in [4.78, 5) is 4.46. The van der Waals surface area contributed by atoms with Gasteiger partial charge in [0.15, 0.2) is 10.9 Å². The molecule has 21 heavy (non-hydrogen) atoms. The molecule has 0 spiro atoms. The molecule has 1 aromatic carbocycles. The lowest BCUT2D eigenvalue weighted by molar-refractivity contribution is 0.571. The molecule has 1 heterocycles. The molecular weight excluding hydrogens is 337 g/mol. The maximum atomic E-state index is 13.9. The van der Waals surface area contributed by atoms with Crippen LogP contribution in [-0.4, -0.2) is 13.4 Å². The van der Waals surface area contributed by atoms with Crippen LogP contribution in [0, 0.1) is 12.7 Å². The molecule has 0 atom stereocenters. The molecule has 5 nitrogen and oxygen atoms in total. The van der Waals surface area contributed by atoms with E-state index in [2.05, 4.69) is 9.71 Å². The van der Waals surface area contributed by atoms with Crippen LogP contribution in [0.5, 0.6) is 0 Å². The lowest BCUT2D eigenvalue weighted by Gasteiger charge is -2.08. The van der Waals surface area contributed by atoms with Crippen molar-refractivity contribution in [2.24, 2.45) is 0 Å². The van der Waals surface area contributed by atoms with Gasteiger partial charge in [-0.2, -0.15) is 0 Å². The molecule has 0 saturated carbocycles. The van der Waals surface area contributed by atoms with E-state index in [0.717, 1.165) is 22.7 Å². The SMILES string of the molecule is CCc1nc(NS(=O)(=O)c2cc(N)cc(Cl)c2F)sc1C. The van der Waals surface area contributed by atoms with Gasteiger partial charge in [-0.15, -0.1) is 11.3 Å². The second-order valence-corrected chi connectivity index (χ2v) is 7.56. The van der Waals surface area contributed by atoms with E-state index in [1.165, 1.54) is 11.3 Å². The number of anilines is 2. The van der Waals surface area contributed by atoms with E-state index in [1.54, 1.807) is 0 Å². The van der Waals surface area contributed by atoms with E-state index in [1.807, 2.05) is 13.8 Å². The Morgan fingerprint density at radius 1 is 1.48 bits per heavy atom. The van der Waals surface area contributed by atoms with Gasteiger partial charge in [0, 0.05) is 10.6 Å². The summed E-state index contributed by atoms with van der Waals surface area (Å²) in [7, 11) is -4.14. The van der Waals surface area contributed by atoms with Crippen LogP contribution in [0.15, 0.2) is 17.0 Å². The molecule has 0 saturated heterocycles. The van der Waals surface area contributed by atoms with Crippen molar-refractivity contribution in [1.82, 2.24) is 4.98 Å². The molecule has 2 rings (SSSR count). The average Bonchev–Trinajstić information content (AvgIpc) is 2.72. The van der Waals surface area contributed by atoms with Crippen LogP contribution in [0.2, 0.25) is 5.02 Å². The minimum absolute atomic E-state index is 0.0614. The summed E-state index contributed by atoms with van der Waals surface area (Å²) in [6.07, 6.45) is 0.683. The molecule has 114 valence electrons. The zero-order chi connectivity index (χ0) is 15.8. The van der Waals surface area contributed by atoms with Crippen LogP contribution in [0.25, 0.3) is 0 Å². The van der Waals surface area contributed by atoms with Gasteiger partial charge in [-0.25, -0.2) is 17.8 Å². The first-order valence-corrected chi connectivity index (χ1v) is 8.66. The third-order valence-electron chi connectivity index (χ3n) is 2.76. The van der Waals surface area contributed by atoms with E-state index in [4.69, 9.17) is 17.3 Å². The highest BCUT2D eigenvalue weighted by Gasteiger charge is 2.23. The van der Waals surface area contributed by atoms with Gasteiger partial charge in [-0.3, -0.25) is 4.72 Å². The Morgan fingerprint density at radius 2 is 2.14 bits per heavy atom. The van der Waals surface area contributed by atoms with Crippen LogP contribution >= 0.6 is 22.9 Å².